The standard InChI is InChI=1S/C27H25N5O6S2/c33-27(18-15-21(31(34)35)26(22(16-18)32(36)37)29-8-10-38-11-9-29)30-25(23-7-3-13-40-23)20-6-1-4-17(24(20)28-30)14-19-5-2-12-39-19/h2-3,5,7,12-16,20,25H,1,4,6,8-11H2/b17-14+. The van der Waals surface area contributed by atoms with Gasteiger partial charge in [-0.1, -0.05) is 12.1 Å². The largest absolute Gasteiger partial charge is 0.378 e. The van der Waals surface area contributed by atoms with Crippen molar-refractivity contribution in [3.8, 4) is 0 Å². The fraction of sp³-hybridized carbons (Fsp3) is 0.333. The molecule has 2 aliphatic heterocycles. The second-order valence-electron chi connectivity index (χ2n) is 9.76. The molecule has 206 valence electrons. The van der Waals surface area contributed by atoms with Gasteiger partial charge in [-0.2, -0.15) is 5.10 Å². The molecule has 0 N–H and O–H groups in total. The Bertz CT molecular complexity index is 1480. The number of morpholine rings is 1. The van der Waals surface area contributed by atoms with Crippen molar-refractivity contribution in [3.63, 3.8) is 0 Å². The highest BCUT2D eigenvalue weighted by Crippen LogP contribution is 2.47. The lowest BCUT2D eigenvalue weighted by Crippen LogP contribution is -2.37. The first-order valence-electron chi connectivity index (χ1n) is 12.9. The van der Waals surface area contributed by atoms with E-state index in [0.717, 1.165) is 52.4 Å². The maximum atomic E-state index is 14.1. The van der Waals surface area contributed by atoms with Gasteiger partial charge < -0.3 is 9.64 Å². The van der Waals surface area contributed by atoms with Crippen molar-refractivity contribution in [2.75, 3.05) is 31.2 Å². The van der Waals surface area contributed by atoms with Crippen LogP contribution in [-0.2, 0) is 4.74 Å². The van der Waals surface area contributed by atoms with Crippen molar-refractivity contribution in [2.45, 2.75) is 25.3 Å². The maximum absolute atomic E-state index is 14.1. The van der Waals surface area contributed by atoms with Gasteiger partial charge in [-0.05, 0) is 53.8 Å². The van der Waals surface area contributed by atoms with Crippen LogP contribution in [-0.4, -0.2) is 52.8 Å². The molecule has 13 heteroatoms. The summed E-state index contributed by atoms with van der Waals surface area (Å²) in [6.07, 6.45) is 4.72. The summed E-state index contributed by atoms with van der Waals surface area (Å²) >= 11 is 3.14. The van der Waals surface area contributed by atoms with E-state index in [1.807, 2.05) is 35.0 Å². The Labute approximate surface area is 237 Å². The summed E-state index contributed by atoms with van der Waals surface area (Å²) in [4.78, 5) is 40.7. The van der Waals surface area contributed by atoms with Gasteiger partial charge in [0, 0.05) is 40.9 Å². The molecule has 1 saturated carbocycles. The number of thiophene rings is 2. The molecule has 0 radical (unpaired) electrons. The SMILES string of the molecule is O=C(c1cc([N+](=O)[O-])c(N2CCOCC2)c([N+](=O)[O-])c1)N1N=C2/C(=C/c3cccs3)CCCC2C1c1cccs1. The fourth-order valence-electron chi connectivity index (χ4n) is 5.70. The van der Waals surface area contributed by atoms with Gasteiger partial charge in [0.2, 0.25) is 0 Å². The minimum atomic E-state index is -0.664. The second-order valence-corrected chi connectivity index (χ2v) is 11.7. The molecule has 1 saturated heterocycles. The molecule has 6 rings (SSSR count). The van der Waals surface area contributed by atoms with Crippen LogP contribution in [0.5, 0.6) is 0 Å². The number of hydrogen-bond donors (Lipinski definition) is 0. The van der Waals surface area contributed by atoms with E-state index in [2.05, 4.69) is 6.08 Å². The summed E-state index contributed by atoms with van der Waals surface area (Å²) in [7, 11) is 0. The molecule has 11 nitrogen and oxygen atoms in total. The van der Waals surface area contributed by atoms with E-state index in [1.54, 1.807) is 16.2 Å². The van der Waals surface area contributed by atoms with Crippen LogP contribution < -0.4 is 4.90 Å². The Balaban J connectivity index is 1.45. The number of amides is 1. The molecule has 2 fully saturated rings. The van der Waals surface area contributed by atoms with Crippen molar-refractivity contribution in [2.24, 2.45) is 11.0 Å². The number of benzene rings is 1. The zero-order valence-electron chi connectivity index (χ0n) is 21.3. The third-order valence-electron chi connectivity index (χ3n) is 7.44. The van der Waals surface area contributed by atoms with E-state index in [9.17, 15) is 25.0 Å². The van der Waals surface area contributed by atoms with Crippen molar-refractivity contribution in [1.82, 2.24) is 5.01 Å². The number of ether oxygens (including phenoxy) is 1. The van der Waals surface area contributed by atoms with E-state index < -0.39 is 33.2 Å². The van der Waals surface area contributed by atoms with Crippen LogP contribution in [0.1, 0.15) is 45.4 Å². The van der Waals surface area contributed by atoms with Crippen LogP contribution in [0, 0.1) is 26.1 Å². The topological polar surface area (TPSA) is 131 Å². The fourth-order valence-corrected chi connectivity index (χ4v) is 7.26. The van der Waals surface area contributed by atoms with Gasteiger partial charge in [-0.3, -0.25) is 25.0 Å². The number of carbonyl (C=O) groups excluding carboxylic acids is 1. The van der Waals surface area contributed by atoms with Crippen LogP contribution in [0.4, 0.5) is 17.1 Å². The predicted molar refractivity (Wildman–Crippen MR) is 153 cm³/mol. The van der Waals surface area contributed by atoms with Gasteiger partial charge in [0.1, 0.15) is 0 Å². The lowest BCUT2D eigenvalue weighted by molar-refractivity contribution is -0.392. The minimum absolute atomic E-state index is 0.0415. The molecule has 40 heavy (non-hydrogen) atoms. The second kappa shape index (κ2) is 10.9. The van der Waals surface area contributed by atoms with Crippen LogP contribution in [0.25, 0.3) is 6.08 Å². The highest BCUT2D eigenvalue weighted by molar-refractivity contribution is 7.11. The number of fused-ring (bicyclic) bond motifs is 1. The molecular formula is C27H25N5O6S2. The van der Waals surface area contributed by atoms with Crippen molar-refractivity contribution >= 4 is 57.4 Å². The maximum Gasteiger partial charge on any atom is 0.300 e. The third-order valence-corrected chi connectivity index (χ3v) is 9.20. The number of hydrogen-bond acceptors (Lipinski definition) is 10. The molecule has 2 atom stereocenters. The number of hydrazone groups is 1. The highest BCUT2D eigenvalue weighted by Gasteiger charge is 2.45. The molecule has 3 aromatic rings. The zero-order valence-corrected chi connectivity index (χ0v) is 22.9. The van der Waals surface area contributed by atoms with Crippen LogP contribution in [0.2, 0.25) is 0 Å². The lowest BCUT2D eigenvalue weighted by atomic mass is 9.79. The molecule has 1 aliphatic carbocycles. The van der Waals surface area contributed by atoms with E-state index in [-0.39, 0.29) is 30.3 Å². The molecule has 0 bridgehead atoms. The number of nitro benzene ring substituents is 2. The quantitative estimate of drug-likeness (QED) is 0.262. The molecule has 0 spiro atoms. The number of allylic oxidation sites excluding steroid dienone is 1. The Morgan fingerprint density at radius 1 is 1.05 bits per heavy atom. The number of anilines is 1. The number of nitro groups is 2. The minimum Gasteiger partial charge on any atom is -0.378 e. The Kier molecular flexibility index (Phi) is 7.17. The normalized spacial score (nSPS) is 21.8. The summed E-state index contributed by atoms with van der Waals surface area (Å²) < 4.78 is 5.33. The van der Waals surface area contributed by atoms with E-state index in [0.29, 0.717) is 13.2 Å². The van der Waals surface area contributed by atoms with Gasteiger partial charge >= 0.3 is 0 Å². The highest BCUT2D eigenvalue weighted by atomic mass is 32.1. The Morgan fingerprint density at radius 3 is 2.38 bits per heavy atom. The van der Waals surface area contributed by atoms with Gasteiger partial charge in [0.05, 0.1) is 40.4 Å². The predicted octanol–water partition coefficient (Wildman–Crippen LogP) is 5.90. The van der Waals surface area contributed by atoms with Crippen molar-refractivity contribution in [1.29, 1.82) is 0 Å². The van der Waals surface area contributed by atoms with Gasteiger partial charge in [0.15, 0.2) is 5.69 Å². The first-order chi connectivity index (χ1) is 19.4. The van der Waals surface area contributed by atoms with Crippen LogP contribution in [0.3, 0.4) is 0 Å². The number of nitrogens with zero attached hydrogens (tertiary/aromatic N) is 5. The first kappa shape index (κ1) is 26.3. The molecular weight excluding hydrogens is 554 g/mol. The van der Waals surface area contributed by atoms with Crippen molar-refractivity contribution in [3.05, 3.63) is 88.3 Å². The Morgan fingerprint density at radius 2 is 1.75 bits per heavy atom. The van der Waals surface area contributed by atoms with Crippen LogP contribution in [0.15, 0.2) is 57.8 Å². The molecule has 1 amide bonds. The first-order valence-corrected chi connectivity index (χ1v) is 14.7. The molecule has 1 aromatic carbocycles. The summed E-state index contributed by atoms with van der Waals surface area (Å²) in [6.45, 7) is 1.14. The van der Waals surface area contributed by atoms with Crippen molar-refractivity contribution < 1.29 is 19.4 Å². The number of carbonyl (C=O) groups is 1. The smallest absolute Gasteiger partial charge is 0.300 e. The zero-order chi connectivity index (χ0) is 27.8. The van der Waals surface area contributed by atoms with Crippen LogP contribution >= 0.6 is 22.7 Å². The molecule has 2 aromatic heterocycles. The summed E-state index contributed by atoms with van der Waals surface area (Å²) in [6, 6.07) is 9.79. The van der Waals surface area contributed by atoms with Gasteiger partial charge in [-0.25, -0.2) is 5.01 Å². The molecule has 3 aliphatic rings. The number of rotatable bonds is 6. The van der Waals surface area contributed by atoms with E-state index in [1.165, 1.54) is 16.3 Å². The third kappa shape index (κ3) is 4.80. The lowest BCUT2D eigenvalue weighted by Gasteiger charge is -2.29. The Hall–Kier alpha value is -3.94. The van der Waals surface area contributed by atoms with E-state index >= 15 is 0 Å². The summed E-state index contributed by atoms with van der Waals surface area (Å²) in [5, 5.41) is 34.5. The molecule has 2 unspecified atom stereocenters. The molecule has 4 heterocycles. The average molecular weight is 580 g/mol. The van der Waals surface area contributed by atoms with E-state index in [4.69, 9.17) is 9.84 Å². The summed E-state index contributed by atoms with van der Waals surface area (Å²) in [5.41, 5.74) is 0.704. The average Bonchev–Trinajstić information content (AvgIpc) is 3.74. The summed E-state index contributed by atoms with van der Waals surface area (Å²) in [5.74, 6) is -0.643. The monoisotopic (exact) mass is 579 g/mol. The van der Waals surface area contributed by atoms with Gasteiger partial charge in [0.25, 0.3) is 17.3 Å². The van der Waals surface area contributed by atoms with Gasteiger partial charge in [-0.15, -0.1) is 22.7 Å².